The number of benzene rings is 2. The van der Waals surface area contributed by atoms with Crippen LogP contribution in [0.2, 0.25) is 0 Å². The summed E-state index contributed by atoms with van der Waals surface area (Å²) < 4.78 is 0. The highest BCUT2D eigenvalue weighted by atomic mass is 16.7. The molecule has 94 valence electrons. The maximum Gasteiger partial charge on any atom is 0.193 e. The number of carbonyl (C=O) groups is 1. The molecule has 0 aromatic heterocycles. The quantitative estimate of drug-likeness (QED) is 0.787. The minimum Gasteiger partial charge on any atom is -0.379 e. The molecule has 3 nitrogen and oxygen atoms in total. The standard InChI is InChI=1S/C16H13NO2/c18-12-15-11-16(19-17-15,13-7-3-1-4-8-13)14-9-5-2-6-10-14/h1-10,12H,11H2. The minimum absolute atomic E-state index is 0.438. The van der Waals surface area contributed by atoms with Crippen molar-refractivity contribution < 1.29 is 9.63 Å². The number of rotatable bonds is 3. The Morgan fingerprint density at radius 1 is 0.947 bits per heavy atom. The Hall–Kier alpha value is -2.42. The molecule has 2 aromatic rings. The van der Waals surface area contributed by atoms with Gasteiger partial charge in [-0.15, -0.1) is 0 Å². The van der Waals surface area contributed by atoms with E-state index in [4.69, 9.17) is 4.84 Å². The molecule has 0 unspecified atom stereocenters. The molecule has 1 heterocycles. The average molecular weight is 251 g/mol. The van der Waals surface area contributed by atoms with Crippen molar-refractivity contribution >= 4 is 12.0 Å². The van der Waals surface area contributed by atoms with Crippen molar-refractivity contribution in [3.63, 3.8) is 0 Å². The SMILES string of the molecule is O=CC1=NOC(c2ccccc2)(c2ccccc2)C1. The van der Waals surface area contributed by atoms with Crippen molar-refractivity contribution in [2.75, 3.05) is 0 Å². The van der Waals surface area contributed by atoms with Gasteiger partial charge in [0.2, 0.25) is 0 Å². The first-order valence-corrected chi connectivity index (χ1v) is 6.16. The molecular formula is C16H13NO2. The summed E-state index contributed by atoms with van der Waals surface area (Å²) in [5.74, 6) is 0. The number of aldehydes is 1. The molecular weight excluding hydrogens is 238 g/mol. The van der Waals surface area contributed by atoms with E-state index >= 15 is 0 Å². The van der Waals surface area contributed by atoms with Gasteiger partial charge >= 0.3 is 0 Å². The molecule has 0 amide bonds. The Bertz CT molecular complexity index is 566. The lowest BCUT2D eigenvalue weighted by Gasteiger charge is -2.27. The van der Waals surface area contributed by atoms with Crippen molar-refractivity contribution in [2.24, 2.45) is 5.16 Å². The van der Waals surface area contributed by atoms with E-state index in [-0.39, 0.29) is 0 Å². The Labute approximate surface area is 111 Å². The zero-order valence-electron chi connectivity index (χ0n) is 10.3. The summed E-state index contributed by atoms with van der Waals surface area (Å²) in [6.45, 7) is 0. The molecule has 0 spiro atoms. The zero-order valence-corrected chi connectivity index (χ0v) is 10.3. The largest absolute Gasteiger partial charge is 0.379 e. The highest BCUT2D eigenvalue weighted by Gasteiger charge is 2.42. The van der Waals surface area contributed by atoms with Gasteiger partial charge in [0, 0.05) is 17.5 Å². The van der Waals surface area contributed by atoms with Crippen LogP contribution in [0.1, 0.15) is 17.5 Å². The van der Waals surface area contributed by atoms with Crippen LogP contribution in [-0.2, 0) is 15.2 Å². The number of hydrogen-bond acceptors (Lipinski definition) is 3. The average Bonchev–Trinajstić information content (AvgIpc) is 2.95. The fourth-order valence-corrected chi connectivity index (χ4v) is 2.41. The third-order valence-electron chi connectivity index (χ3n) is 3.37. The second-order valence-electron chi connectivity index (χ2n) is 4.53. The second kappa shape index (κ2) is 4.69. The van der Waals surface area contributed by atoms with E-state index in [0.717, 1.165) is 17.4 Å². The Morgan fingerprint density at radius 3 is 1.89 bits per heavy atom. The van der Waals surface area contributed by atoms with E-state index in [2.05, 4.69) is 5.16 Å². The molecule has 3 rings (SSSR count). The smallest absolute Gasteiger partial charge is 0.193 e. The molecule has 2 aromatic carbocycles. The van der Waals surface area contributed by atoms with Crippen LogP contribution < -0.4 is 0 Å². The van der Waals surface area contributed by atoms with Gasteiger partial charge in [-0.1, -0.05) is 65.8 Å². The molecule has 0 aliphatic carbocycles. The predicted molar refractivity (Wildman–Crippen MR) is 72.9 cm³/mol. The molecule has 19 heavy (non-hydrogen) atoms. The van der Waals surface area contributed by atoms with Crippen LogP contribution in [0.4, 0.5) is 0 Å². The van der Waals surface area contributed by atoms with Crippen molar-refractivity contribution in [3.05, 3.63) is 71.8 Å². The van der Waals surface area contributed by atoms with Crippen LogP contribution in [0.5, 0.6) is 0 Å². The molecule has 0 N–H and O–H groups in total. The van der Waals surface area contributed by atoms with Gasteiger partial charge in [0.1, 0.15) is 5.71 Å². The predicted octanol–water partition coefficient (Wildman–Crippen LogP) is 2.91. The van der Waals surface area contributed by atoms with Crippen molar-refractivity contribution in [3.8, 4) is 0 Å². The van der Waals surface area contributed by atoms with Crippen LogP contribution in [0.25, 0.3) is 0 Å². The lowest BCUT2D eigenvalue weighted by molar-refractivity contribution is -0.102. The van der Waals surface area contributed by atoms with Gasteiger partial charge in [0.05, 0.1) is 0 Å². The van der Waals surface area contributed by atoms with Crippen LogP contribution in [0.15, 0.2) is 65.8 Å². The summed E-state index contributed by atoms with van der Waals surface area (Å²) in [5.41, 5.74) is 1.76. The van der Waals surface area contributed by atoms with Gasteiger partial charge in [-0.25, -0.2) is 0 Å². The summed E-state index contributed by atoms with van der Waals surface area (Å²) in [6.07, 6.45) is 1.22. The third-order valence-corrected chi connectivity index (χ3v) is 3.37. The molecule has 0 fully saturated rings. The summed E-state index contributed by atoms with van der Waals surface area (Å²) >= 11 is 0. The Kier molecular flexibility index (Phi) is 2.88. The molecule has 0 saturated heterocycles. The number of hydrogen-bond donors (Lipinski definition) is 0. The monoisotopic (exact) mass is 251 g/mol. The highest BCUT2D eigenvalue weighted by Crippen LogP contribution is 2.40. The van der Waals surface area contributed by atoms with Crippen molar-refractivity contribution in [1.29, 1.82) is 0 Å². The van der Waals surface area contributed by atoms with Gasteiger partial charge in [-0.2, -0.15) is 0 Å². The van der Waals surface area contributed by atoms with Gasteiger partial charge < -0.3 is 4.84 Å². The van der Waals surface area contributed by atoms with Crippen LogP contribution in [0.3, 0.4) is 0 Å². The van der Waals surface area contributed by atoms with Gasteiger partial charge in [-0.05, 0) is 0 Å². The summed E-state index contributed by atoms with van der Waals surface area (Å²) in [5, 5.41) is 3.91. The third kappa shape index (κ3) is 1.93. The van der Waals surface area contributed by atoms with E-state index in [1.807, 2.05) is 60.7 Å². The lowest BCUT2D eigenvalue weighted by atomic mass is 9.83. The van der Waals surface area contributed by atoms with E-state index in [9.17, 15) is 4.79 Å². The Morgan fingerprint density at radius 2 is 1.47 bits per heavy atom. The van der Waals surface area contributed by atoms with Crippen molar-refractivity contribution in [2.45, 2.75) is 12.0 Å². The van der Waals surface area contributed by atoms with Gasteiger partial charge in [-0.3, -0.25) is 4.79 Å². The molecule has 0 saturated carbocycles. The van der Waals surface area contributed by atoms with E-state index in [1.165, 1.54) is 0 Å². The molecule has 0 bridgehead atoms. The maximum atomic E-state index is 10.9. The number of carbonyl (C=O) groups excluding carboxylic acids is 1. The summed E-state index contributed by atoms with van der Waals surface area (Å²) in [4.78, 5) is 16.6. The molecule has 3 heteroatoms. The number of nitrogens with zero attached hydrogens (tertiary/aromatic N) is 1. The van der Waals surface area contributed by atoms with Crippen LogP contribution in [0, 0.1) is 0 Å². The van der Waals surface area contributed by atoms with Crippen molar-refractivity contribution in [1.82, 2.24) is 0 Å². The van der Waals surface area contributed by atoms with Crippen LogP contribution in [-0.4, -0.2) is 12.0 Å². The topological polar surface area (TPSA) is 38.7 Å². The lowest BCUT2D eigenvalue weighted by Crippen LogP contribution is -2.28. The summed E-state index contributed by atoms with van der Waals surface area (Å²) in [6, 6.07) is 19.7. The van der Waals surface area contributed by atoms with Gasteiger partial charge in [0.25, 0.3) is 0 Å². The molecule has 0 atom stereocenters. The second-order valence-corrected chi connectivity index (χ2v) is 4.53. The van der Waals surface area contributed by atoms with E-state index < -0.39 is 5.60 Å². The van der Waals surface area contributed by atoms with E-state index in [0.29, 0.717) is 12.1 Å². The number of oxime groups is 1. The van der Waals surface area contributed by atoms with Crippen LogP contribution >= 0.6 is 0 Å². The fourth-order valence-electron chi connectivity index (χ4n) is 2.41. The highest BCUT2D eigenvalue weighted by molar-refractivity contribution is 6.28. The van der Waals surface area contributed by atoms with E-state index in [1.54, 1.807) is 0 Å². The van der Waals surface area contributed by atoms with Gasteiger partial charge in [0.15, 0.2) is 11.9 Å². The first-order valence-electron chi connectivity index (χ1n) is 6.16. The normalized spacial score (nSPS) is 16.5. The zero-order chi connectivity index (χ0) is 13.1. The fraction of sp³-hybridized carbons (Fsp3) is 0.125. The molecule has 1 aliphatic heterocycles. The summed E-state index contributed by atoms with van der Waals surface area (Å²) in [7, 11) is 0. The maximum absolute atomic E-state index is 10.9. The molecule has 0 radical (unpaired) electrons. The minimum atomic E-state index is -0.682. The first kappa shape index (κ1) is 11.7. The first-order chi connectivity index (χ1) is 9.35. The Balaban J connectivity index is 2.11. The molecule has 1 aliphatic rings.